The van der Waals surface area contributed by atoms with Gasteiger partial charge in [-0.1, -0.05) is 13.3 Å². The number of hydrogen-bond acceptors (Lipinski definition) is 3. The maximum Gasteiger partial charge on any atom is 0.0600 e. The van der Waals surface area contributed by atoms with Crippen molar-refractivity contribution < 1.29 is 4.74 Å². The molecule has 3 heteroatoms. The van der Waals surface area contributed by atoms with Crippen LogP contribution in [0.25, 0.3) is 0 Å². The van der Waals surface area contributed by atoms with E-state index in [0.717, 1.165) is 26.2 Å². The molecular formula is C14H28N2O. The lowest BCUT2D eigenvalue weighted by atomic mass is 10.0. The smallest absolute Gasteiger partial charge is 0.0600 e. The van der Waals surface area contributed by atoms with Gasteiger partial charge >= 0.3 is 0 Å². The highest BCUT2D eigenvalue weighted by Crippen LogP contribution is 2.48. The molecule has 2 aliphatic rings. The average Bonchev–Trinajstić information content (AvgIpc) is 3.11. The molecule has 1 saturated carbocycles. The highest BCUT2D eigenvalue weighted by Gasteiger charge is 2.40. The first kappa shape index (κ1) is 13.3. The molecule has 0 amide bonds. The van der Waals surface area contributed by atoms with Crippen LogP contribution in [0, 0.1) is 5.41 Å². The Kier molecular flexibility index (Phi) is 5.26. The minimum atomic E-state index is 0.503. The molecule has 17 heavy (non-hydrogen) atoms. The van der Waals surface area contributed by atoms with Crippen LogP contribution in [0.15, 0.2) is 0 Å². The van der Waals surface area contributed by atoms with Crippen LogP contribution in [-0.4, -0.2) is 38.9 Å². The zero-order valence-electron chi connectivity index (χ0n) is 11.3. The Labute approximate surface area is 106 Å². The average molecular weight is 240 g/mol. The highest BCUT2D eigenvalue weighted by atomic mass is 16.5. The van der Waals surface area contributed by atoms with Crippen molar-refractivity contribution in [1.29, 1.82) is 0 Å². The van der Waals surface area contributed by atoms with Gasteiger partial charge in [-0.2, -0.15) is 0 Å². The van der Waals surface area contributed by atoms with Gasteiger partial charge in [-0.3, -0.25) is 0 Å². The van der Waals surface area contributed by atoms with Crippen molar-refractivity contribution in [2.75, 3.05) is 32.8 Å². The predicted molar refractivity (Wildman–Crippen MR) is 71.3 cm³/mol. The van der Waals surface area contributed by atoms with Crippen molar-refractivity contribution in [3.8, 4) is 0 Å². The van der Waals surface area contributed by atoms with E-state index in [4.69, 9.17) is 4.74 Å². The summed E-state index contributed by atoms with van der Waals surface area (Å²) in [4.78, 5) is 0. The van der Waals surface area contributed by atoms with Crippen molar-refractivity contribution in [3.63, 3.8) is 0 Å². The van der Waals surface area contributed by atoms with Crippen LogP contribution in [-0.2, 0) is 4.74 Å². The molecule has 0 bridgehead atoms. The normalized spacial score (nSPS) is 23.8. The number of ether oxygens (including phenoxy) is 1. The Morgan fingerprint density at radius 1 is 1.29 bits per heavy atom. The summed E-state index contributed by atoms with van der Waals surface area (Å²) in [6.45, 7) is 7.65. The Morgan fingerprint density at radius 2 is 2.06 bits per heavy atom. The van der Waals surface area contributed by atoms with Crippen LogP contribution in [0.3, 0.4) is 0 Å². The maximum atomic E-state index is 5.88. The maximum absolute atomic E-state index is 5.88. The third kappa shape index (κ3) is 4.57. The van der Waals surface area contributed by atoms with Crippen molar-refractivity contribution in [3.05, 3.63) is 0 Å². The van der Waals surface area contributed by atoms with Gasteiger partial charge in [0.1, 0.15) is 0 Å². The molecule has 0 unspecified atom stereocenters. The summed E-state index contributed by atoms with van der Waals surface area (Å²) < 4.78 is 5.88. The van der Waals surface area contributed by atoms with Gasteiger partial charge in [0.2, 0.25) is 0 Å². The lowest BCUT2D eigenvalue weighted by molar-refractivity contribution is 0.0344. The molecule has 0 radical (unpaired) electrons. The van der Waals surface area contributed by atoms with Crippen molar-refractivity contribution in [2.45, 2.75) is 51.6 Å². The van der Waals surface area contributed by atoms with E-state index in [-0.39, 0.29) is 0 Å². The summed E-state index contributed by atoms with van der Waals surface area (Å²) in [5, 5.41) is 6.93. The third-order valence-corrected chi connectivity index (χ3v) is 4.16. The number of hydrogen-bond donors (Lipinski definition) is 2. The van der Waals surface area contributed by atoms with Crippen LogP contribution in [0.4, 0.5) is 0 Å². The summed E-state index contributed by atoms with van der Waals surface area (Å²) in [6.07, 6.45) is 8.46. The number of piperidine rings is 1. The van der Waals surface area contributed by atoms with Crippen molar-refractivity contribution >= 4 is 0 Å². The van der Waals surface area contributed by atoms with Crippen molar-refractivity contribution in [2.24, 2.45) is 5.41 Å². The topological polar surface area (TPSA) is 33.3 Å². The summed E-state index contributed by atoms with van der Waals surface area (Å²) in [5.41, 5.74) is 0.670. The molecule has 2 N–H and O–H groups in total. The van der Waals surface area contributed by atoms with Gasteiger partial charge in [-0.25, -0.2) is 0 Å². The first-order valence-electron chi connectivity index (χ1n) is 7.38. The van der Waals surface area contributed by atoms with E-state index in [1.54, 1.807) is 0 Å². The minimum Gasteiger partial charge on any atom is -0.377 e. The van der Waals surface area contributed by atoms with E-state index in [2.05, 4.69) is 17.6 Å². The Bertz CT molecular complexity index is 210. The zero-order valence-corrected chi connectivity index (χ0v) is 11.3. The largest absolute Gasteiger partial charge is 0.377 e. The highest BCUT2D eigenvalue weighted by molar-refractivity contribution is 4.94. The zero-order chi connectivity index (χ0) is 12.0. The predicted octanol–water partition coefficient (Wildman–Crippen LogP) is 1.92. The third-order valence-electron chi connectivity index (χ3n) is 4.16. The fraction of sp³-hybridized carbons (Fsp3) is 1.00. The van der Waals surface area contributed by atoms with Crippen LogP contribution >= 0.6 is 0 Å². The van der Waals surface area contributed by atoms with Gasteiger partial charge in [0.05, 0.1) is 12.7 Å². The molecule has 1 saturated heterocycles. The van der Waals surface area contributed by atoms with Gasteiger partial charge in [0.15, 0.2) is 0 Å². The molecule has 1 aliphatic heterocycles. The first-order valence-corrected chi connectivity index (χ1v) is 7.38. The van der Waals surface area contributed by atoms with Crippen molar-refractivity contribution in [1.82, 2.24) is 10.6 Å². The Balaban J connectivity index is 1.46. The summed E-state index contributed by atoms with van der Waals surface area (Å²) in [5.74, 6) is 0. The molecule has 0 aromatic rings. The van der Waals surface area contributed by atoms with Crippen LogP contribution in [0.1, 0.15) is 45.4 Å². The van der Waals surface area contributed by atoms with E-state index >= 15 is 0 Å². The van der Waals surface area contributed by atoms with Gasteiger partial charge in [-0.05, 0) is 50.6 Å². The molecule has 0 spiro atoms. The molecule has 1 aliphatic carbocycles. The van der Waals surface area contributed by atoms with E-state index in [1.807, 2.05) is 0 Å². The second-order valence-electron chi connectivity index (χ2n) is 5.75. The molecule has 1 heterocycles. The monoisotopic (exact) mass is 240 g/mol. The lowest BCUT2D eigenvalue weighted by Crippen LogP contribution is -2.34. The standard InChI is InChI=1S/C14H28N2O/c1-2-5-14(6-7-14)12-16-10-11-17-13-3-8-15-9-4-13/h13,15-16H,2-12H2,1H3. The minimum absolute atomic E-state index is 0.503. The summed E-state index contributed by atoms with van der Waals surface area (Å²) in [6, 6.07) is 0. The van der Waals surface area contributed by atoms with E-state index < -0.39 is 0 Å². The Morgan fingerprint density at radius 3 is 2.71 bits per heavy atom. The second-order valence-corrected chi connectivity index (χ2v) is 5.75. The number of rotatable bonds is 8. The van der Waals surface area contributed by atoms with Gasteiger partial charge in [0, 0.05) is 13.1 Å². The van der Waals surface area contributed by atoms with Gasteiger partial charge < -0.3 is 15.4 Å². The van der Waals surface area contributed by atoms with Crippen LogP contribution < -0.4 is 10.6 Å². The molecule has 100 valence electrons. The molecular weight excluding hydrogens is 212 g/mol. The first-order chi connectivity index (χ1) is 8.35. The molecule has 0 aromatic heterocycles. The molecule has 0 aromatic carbocycles. The SMILES string of the molecule is CCCC1(CNCCOC2CCNCC2)CC1. The van der Waals surface area contributed by atoms with E-state index in [9.17, 15) is 0 Å². The Hall–Kier alpha value is -0.120. The number of nitrogens with one attached hydrogen (secondary N) is 2. The lowest BCUT2D eigenvalue weighted by Gasteiger charge is -2.23. The van der Waals surface area contributed by atoms with E-state index in [0.29, 0.717) is 11.5 Å². The quantitative estimate of drug-likeness (QED) is 0.636. The van der Waals surface area contributed by atoms with Gasteiger partial charge in [0.25, 0.3) is 0 Å². The summed E-state index contributed by atoms with van der Waals surface area (Å²) >= 11 is 0. The van der Waals surface area contributed by atoms with Gasteiger partial charge in [-0.15, -0.1) is 0 Å². The summed E-state index contributed by atoms with van der Waals surface area (Å²) in [7, 11) is 0. The van der Waals surface area contributed by atoms with Crippen LogP contribution in [0.2, 0.25) is 0 Å². The molecule has 2 rings (SSSR count). The van der Waals surface area contributed by atoms with Crippen LogP contribution in [0.5, 0.6) is 0 Å². The molecule has 0 atom stereocenters. The molecule has 3 nitrogen and oxygen atoms in total. The second kappa shape index (κ2) is 6.72. The fourth-order valence-electron chi connectivity index (χ4n) is 2.84. The van der Waals surface area contributed by atoms with E-state index in [1.165, 1.54) is 45.1 Å². The molecule has 2 fully saturated rings. The fourth-order valence-corrected chi connectivity index (χ4v) is 2.84.